The van der Waals surface area contributed by atoms with Crippen LogP contribution in [-0.4, -0.2) is 22.8 Å². The van der Waals surface area contributed by atoms with Gasteiger partial charge in [0.15, 0.2) is 0 Å². The van der Waals surface area contributed by atoms with Crippen LogP contribution in [0.4, 0.5) is 0 Å². The second kappa shape index (κ2) is 4.97. The zero-order valence-electron chi connectivity index (χ0n) is 10.6. The average Bonchev–Trinajstić information content (AvgIpc) is 2.41. The van der Waals surface area contributed by atoms with Crippen molar-refractivity contribution < 1.29 is 14.6 Å². The fourth-order valence-corrected chi connectivity index (χ4v) is 1.92. The summed E-state index contributed by atoms with van der Waals surface area (Å²) in [5.41, 5.74) is 0.547. The highest BCUT2D eigenvalue weighted by Gasteiger charge is 2.14. The molecule has 5 nitrogen and oxygen atoms in total. The highest BCUT2D eigenvalue weighted by Crippen LogP contribution is 2.28. The molecule has 0 saturated carbocycles. The van der Waals surface area contributed by atoms with Gasteiger partial charge in [0.1, 0.15) is 11.3 Å². The molecule has 1 N–H and O–H groups in total. The van der Waals surface area contributed by atoms with Crippen molar-refractivity contribution in [3.8, 4) is 17.0 Å². The topological polar surface area (TPSA) is 68.5 Å². The second-order valence-electron chi connectivity index (χ2n) is 4.00. The van der Waals surface area contributed by atoms with Gasteiger partial charge in [-0.15, -0.1) is 0 Å². The summed E-state index contributed by atoms with van der Waals surface area (Å²) >= 11 is 0. The van der Waals surface area contributed by atoms with Gasteiger partial charge in [-0.1, -0.05) is 12.1 Å². The van der Waals surface area contributed by atoms with Crippen molar-refractivity contribution in [3.05, 3.63) is 52.3 Å². The van der Waals surface area contributed by atoms with E-state index in [9.17, 15) is 9.59 Å². The Morgan fingerprint density at radius 3 is 2.53 bits per heavy atom. The van der Waals surface area contributed by atoms with Crippen LogP contribution in [-0.2, 0) is 7.05 Å². The number of hydrogen-bond donors (Lipinski definition) is 1. The zero-order valence-corrected chi connectivity index (χ0v) is 10.6. The smallest absolute Gasteiger partial charge is 0.341 e. The maximum absolute atomic E-state index is 11.9. The van der Waals surface area contributed by atoms with Gasteiger partial charge < -0.3 is 14.4 Å². The molecular formula is C14H13NO4. The summed E-state index contributed by atoms with van der Waals surface area (Å²) < 4.78 is 6.55. The molecule has 0 aliphatic carbocycles. The Kier molecular flexibility index (Phi) is 3.37. The van der Waals surface area contributed by atoms with E-state index in [1.165, 1.54) is 17.7 Å². The maximum atomic E-state index is 11.9. The van der Waals surface area contributed by atoms with Gasteiger partial charge in [0, 0.05) is 12.6 Å². The molecule has 0 aliphatic heterocycles. The van der Waals surface area contributed by atoms with E-state index in [4.69, 9.17) is 9.84 Å². The molecule has 0 fully saturated rings. The molecule has 0 amide bonds. The van der Waals surface area contributed by atoms with Crippen molar-refractivity contribution in [2.24, 2.45) is 7.05 Å². The number of pyridine rings is 1. The lowest BCUT2D eigenvalue weighted by Crippen LogP contribution is -2.25. The zero-order chi connectivity index (χ0) is 14.0. The SMILES string of the molecule is COc1ccccc1-c1ccc(C(=O)O)c(=O)n1C. The van der Waals surface area contributed by atoms with E-state index in [0.29, 0.717) is 11.4 Å². The summed E-state index contributed by atoms with van der Waals surface area (Å²) in [6.07, 6.45) is 0. The molecule has 0 bridgehead atoms. The standard InChI is InChI=1S/C14H13NO4/c1-15-11(8-7-10(13(15)16)14(17)18)9-5-3-4-6-12(9)19-2/h3-8H,1-2H3,(H,17,18). The molecule has 0 unspecified atom stereocenters. The Balaban J connectivity index is 2.68. The van der Waals surface area contributed by atoms with Crippen molar-refractivity contribution in [1.82, 2.24) is 4.57 Å². The van der Waals surface area contributed by atoms with Gasteiger partial charge >= 0.3 is 5.97 Å². The van der Waals surface area contributed by atoms with Crippen LogP contribution in [0.3, 0.4) is 0 Å². The predicted molar refractivity (Wildman–Crippen MR) is 70.6 cm³/mol. The molecule has 1 aromatic heterocycles. The van der Waals surface area contributed by atoms with E-state index in [2.05, 4.69) is 0 Å². The lowest BCUT2D eigenvalue weighted by atomic mass is 10.1. The van der Waals surface area contributed by atoms with Gasteiger partial charge in [-0.3, -0.25) is 4.79 Å². The number of carbonyl (C=O) groups is 1. The Labute approximate surface area is 109 Å². The molecule has 0 atom stereocenters. The van der Waals surface area contributed by atoms with E-state index in [1.54, 1.807) is 19.2 Å². The summed E-state index contributed by atoms with van der Waals surface area (Å²) in [5, 5.41) is 8.91. The van der Waals surface area contributed by atoms with Crippen molar-refractivity contribution in [2.45, 2.75) is 0 Å². The quantitative estimate of drug-likeness (QED) is 0.911. The maximum Gasteiger partial charge on any atom is 0.341 e. The fraction of sp³-hybridized carbons (Fsp3) is 0.143. The molecular weight excluding hydrogens is 246 g/mol. The van der Waals surface area contributed by atoms with E-state index >= 15 is 0 Å². The van der Waals surface area contributed by atoms with Crippen LogP contribution < -0.4 is 10.3 Å². The number of aromatic carboxylic acids is 1. The molecule has 1 heterocycles. The molecule has 2 rings (SSSR count). The van der Waals surface area contributed by atoms with Gasteiger partial charge in [-0.25, -0.2) is 4.79 Å². The first-order chi connectivity index (χ1) is 9.06. The summed E-state index contributed by atoms with van der Waals surface area (Å²) in [6.45, 7) is 0. The van der Waals surface area contributed by atoms with Crippen molar-refractivity contribution >= 4 is 5.97 Å². The van der Waals surface area contributed by atoms with Gasteiger partial charge in [-0.2, -0.15) is 0 Å². The van der Waals surface area contributed by atoms with E-state index in [0.717, 1.165) is 5.56 Å². The minimum absolute atomic E-state index is 0.249. The second-order valence-corrected chi connectivity index (χ2v) is 4.00. The third kappa shape index (κ3) is 2.22. The van der Waals surface area contributed by atoms with E-state index in [1.807, 2.05) is 18.2 Å². The molecule has 2 aromatic rings. The van der Waals surface area contributed by atoms with E-state index < -0.39 is 11.5 Å². The van der Waals surface area contributed by atoms with E-state index in [-0.39, 0.29) is 5.56 Å². The molecule has 5 heteroatoms. The van der Waals surface area contributed by atoms with Crippen LogP contribution >= 0.6 is 0 Å². The minimum Gasteiger partial charge on any atom is -0.496 e. The van der Waals surface area contributed by atoms with Crippen LogP contribution in [0, 0.1) is 0 Å². The van der Waals surface area contributed by atoms with Crippen molar-refractivity contribution in [2.75, 3.05) is 7.11 Å². The molecule has 0 saturated heterocycles. The van der Waals surface area contributed by atoms with Crippen LogP contribution in [0.2, 0.25) is 0 Å². The number of nitrogens with zero attached hydrogens (tertiary/aromatic N) is 1. The molecule has 98 valence electrons. The summed E-state index contributed by atoms with van der Waals surface area (Å²) in [7, 11) is 3.08. The number of hydrogen-bond acceptors (Lipinski definition) is 3. The molecule has 0 aliphatic rings. The first-order valence-electron chi connectivity index (χ1n) is 5.63. The Morgan fingerprint density at radius 2 is 1.89 bits per heavy atom. The van der Waals surface area contributed by atoms with Gasteiger partial charge in [0.25, 0.3) is 5.56 Å². The monoisotopic (exact) mass is 259 g/mol. The number of benzene rings is 1. The number of ether oxygens (including phenoxy) is 1. The average molecular weight is 259 g/mol. The highest BCUT2D eigenvalue weighted by atomic mass is 16.5. The summed E-state index contributed by atoms with van der Waals surface area (Å²) in [6, 6.07) is 10.2. The number of carboxylic acids is 1. The highest BCUT2D eigenvalue weighted by molar-refractivity contribution is 5.87. The van der Waals surface area contributed by atoms with Gasteiger partial charge in [0.05, 0.1) is 12.8 Å². The lowest BCUT2D eigenvalue weighted by molar-refractivity contribution is 0.0694. The van der Waals surface area contributed by atoms with Gasteiger partial charge in [-0.05, 0) is 24.3 Å². The molecule has 0 spiro atoms. The van der Waals surface area contributed by atoms with Crippen molar-refractivity contribution in [1.29, 1.82) is 0 Å². The summed E-state index contributed by atoms with van der Waals surface area (Å²) in [5.74, 6) is -0.604. The summed E-state index contributed by atoms with van der Waals surface area (Å²) in [4.78, 5) is 22.9. The lowest BCUT2D eigenvalue weighted by Gasteiger charge is -2.12. The Hall–Kier alpha value is -2.56. The number of aromatic nitrogens is 1. The number of carboxylic acid groups (broad SMARTS) is 1. The first kappa shape index (κ1) is 12.9. The third-order valence-corrected chi connectivity index (χ3v) is 2.92. The number of rotatable bonds is 3. The third-order valence-electron chi connectivity index (χ3n) is 2.92. The van der Waals surface area contributed by atoms with Crippen LogP contribution in [0.1, 0.15) is 10.4 Å². The molecule has 19 heavy (non-hydrogen) atoms. The molecule has 1 aromatic carbocycles. The Morgan fingerprint density at radius 1 is 1.21 bits per heavy atom. The predicted octanol–water partition coefficient (Wildman–Crippen LogP) is 1.76. The molecule has 0 radical (unpaired) electrons. The number of methoxy groups -OCH3 is 1. The Bertz CT molecular complexity index is 688. The van der Waals surface area contributed by atoms with Gasteiger partial charge in [0.2, 0.25) is 0 Å². The number of para-hydroxylation sites is 1. The van der Waals surface area contributed by atoms with Crippen molar-refractivity contribution in [3.63, 3.8) is 0 Å². The fourth-order valence-electron chi connectivity index (χ4n) is 1.92. The largest absolute Gasteiger partial charge is 0.496 e. The van der Waals surface area contributed by atoms with Crippen LogP contribution in [0.5, 0.6) is 5.75 Å². The normalized spacial score (nSPS) is 10.2. The minimum atomic E-state index is -1.23. The van der Waals surface area contributed by atoms with Crippen LogP contribution in [0.15, 0.2) is 41.2 Å². The first-order valence-corrected chi connectivity index (χ1v) is 5.63. The van der Waals surface area contributed by atoms with Crippen LogP contribution in [0.25, 0.3) is 11.3 Å².